The van der Waals surface area contributed by atoms with Crippen LogP contribution in [0, 0.1) is 5.92 Å². The number of hydrogen-bond donors (Lipinski definition) is 3. The van der Waals surface area contributed by atoms with Crippen LogP contribution >= 0.6 is 12.4 Å². The van der Waals surface area contributed by atoms with Crippen molar-refractivity contribution in [3.05, 3.63) is 30.3 Å². The summed E-state index contributed by atoms with van der Waals surface area (Å²) in [5.74, 6) is 0.431. The predicted octanol–water partition coefficient (Wildman–Crippen LogP) is 2.20. The topological polar surface area (TPSA) is 87.5 Å². The zero-order chi connectivity index (χ0) is 16.8. The number of urea groups is 1. The van der Waals surface area contributed by atoms with Crippen molar-refractivity contribution in [3.63, 3.8) is 0 Å². The first-order valence-corrected chi connectivity index (χ1v) is 8.14. The highest BCUT2D eigenvalue weighted by atomic mass is 35.5. The van der Waals surface area contributed by atoms with Gasteiger partial charge in [0.2, 0.25) is 5.91 Å². The van der Waals surface area contributed by atoms with Crippen LogP contribution in [0.4, 0.5) is 10.5 Å². The molecule has 1 aliphatic rings. The van der Waals surface area contributed by atoms with E-state index >= 15 is 0 Å². The van der Waals surface area contributed by atoms with E-state index in [9.17, 15) is 9.59 Å². The molecule has 3 amide bonds. The van der Waals surface area contributed by atoms with Crippen molar-refractivity contribution in [2.45, 2.75) is 38.8 Å². The number of carbonyl (C=O) groups excluding carboxylic acids is 2. The van der Waals surface area contributed by atoms with E-state index < -0.39 is 6.04 Å². The van der Waals surface area contributed by atoms with Gasteiger partial charge in [-0.2, -0.15) is 0 Å². The zero-order valence-corrected chi connectivity index (χ0v) is 15.0. The second-order valence-corrected chi connectivity index (χ2v) is 6.21. The van der Waals surface area contributed by atoms with Gasteiger partial charge in [-0.25, -0.2) is 4.79 Å². The highest BCUT2D eigenvalue weighted by Crippen LogP contribution is 2.20. The van der Waals surface area contributed by atoms with Gasteiger partial charge in [-0.3, -0.25) is 4.79 Å². The number of hydrogen-bond acceptors (Lipinski definition) is 3. The summed E-state index contributed by atoms with van der Waals surface area (Å²) in [7, 11) is 0. The average Bonchev–Trinajstić information content (AvgIpc) is 2.55. The van der Waals surface area contributed by atoms with Crippen molar-refractivity contribution in [2.75, 3.05) is 18.4 Å². The fourth-order valence-corrected chi connectivity index (χ4v) is 2.87. The largest absolute Gasteiger partial charge is 0.341 e. The summed E-state index contributed by atoms with van der Waals surface area (Å²) in [5.41, 5.74) is 6.62. The Balaban J connectivity index is 0.00000288. The van der Waals surface area contributed by atoms with Crippen LogP contribution in [0.1, 0.15) is 26.7 Å². The number of carbonyl (C=O) groups is 2. The molecule has 1 heterocycles. The summed E-state index contributed by atoms with van der Waals surface area (Å²) in [6.45, 7) is 5.14. The molecule has 1 aliphatic heterocycles. The quantitative estimate of drug-likeness (QED) is 0.774. The smallest absolute Gasteiger partial charge is 0.319 e. The first-order chi connectivity index (χ1) is 11.0. The monoisotopic (exact) mass is 354 g/mol. The van der Waals surface area contributed by atoms with Gasteiger partial charge in [0.15, 0.2) is 0 Å². The number of benzene rings is 1. The summed E-state index contributed by atoms with van der Waals surface area (Å²) in [4.78, 5) is 26.2. The van der Waals surface area contributed by atoms with E-state index in [1.807, 2.05) is 30.0 Å². The van der Waals surface area contributed by atoms with E-state index in [4.69, 9.17) is 5.73 Å². The normalized spacial score (nSPS) is 17.4. The van der Waals surface area contributed by atoms with E-state index in [0.717, 1.165) is 12.8 Å². The molecule has 0 bridgehead atoms. The number of nitrogens with zero attached hydrogens (tertiary/aromatic N) is 1. The minimum atomic E-state index is -0.550. The van der Waals surface area contributed by atoms with Gasteiger partial charge in [-0.05, 0) is 44.7 Å². The van der Waals surface area contributed by atoms with Crippen molar-refractivity contribution < 1.29 is 9.59 Å². The highest BCUT2D eigenvalue weighted by Gasteiger charge is 2.28. The van der Waals surface area contributed by atoms with Gasteiger partial charge in [0.1, 0.15) is 6.04 Å². The van der Waals surface area contributed by atoms with Gasteiger partial charge in [0.05, 0.1) is 0 Å². The van der Waals surface area contributed by atoms with Gasteiger partial charge in [-0.1, -0.05) is 18.2 Å². The van der Waals surface area contributed by atoms with Crippen molar-refractivity contribution >= 4 is 30.0 Å². The van der Waals surface area contributed by atoms with Crippen LogP contribution in [0.5, 0.6) is 0 Å². The number of rotatable bonds is 4. The summed E-state index contributed by atoms with van der Waals surface area (Å²) in [6.07, 6.45) is 1.85. The molecule has 2 rings (SSSR count). The Labute approximate surface area is 149 Å². The Hall–Kier alpha value is -1.79. The first-order valence-electron chi connectivity index (χ1n) is 8.14. The second kappa shape index (κ2) is 9.49. The maximum absolute atomic E-state index is 12.4. The summed E-state index contributed by atoms with van der Waals surface area (Å²) >= 11 is 0. The molecule has 2 unspecified atom stereocenters. The lowest BCUT2D eigenvalue weighted by molar-refractivity contribution is -0.134. The Bertz CT molecular complexity index is 531. The van der Waals surface area contributed by atoms with Crippen LogP contribution in [0.15, 0.2) is 30.3 Å². The molecular formula is C17H27ClN4O2. The minimum absolute atomic E-state index is 0. The van der Waals surface area contributed by atoms with E-state index in [0.29, 0.717) is 24.7 Å². The molecule has 1 saturated heterocycles. The summed E-state index contributed by atoms with van der Waals surface area (Å²) in [6, 6.07) is 8.39. The standard InChI is InChI=1S/C17H26N4O2.ClH/c1-12(18)14-8-10-21(11-9-14)16(22)13(2)19-17(23)20-15-6-4-3-5-7-15;/h3-7,12-14H,8-11,18H2,1-2H3,(H2,19,20,23);1H. The van der Waals surface area contributed by atoms with Crippen molar-refractivity contribution in [2.24, 2.45) is 11.7 Å². The summed E-state index contributed by atoms with van der Waals surface area (Å²) < 4.78 is 0. The fourth-order valence-electron chi connectivity index (χ4n) is 2.87. The van der Waals surface area contributed by atoms with Crippen molar-refractivity contribution in [1.82, 2.24) is 10.2 Å². The Morgan fingerprint density at radius 3 is 2.29 bits per heavy atom. The molecule has 0 aliphatic carbocycles. The van der Waals surface area contributed by atoms with E-state index in [1.54, 1.807) is 19.1 Å². The fraction of sp³-hybridized carbons (Fsp3) is 0.529. The molecule has 6 nitrogen and oxygen atoms in total. The molecular weight excluding hydrogens is 328 g/mol. The molecule has 134 valence electrons. The van der Waals surface area contributed by atoms with Gasteiger partial charge < -0.3 is 21.3 Å². The van der Waals surface area contributed by atoms with Crippen molar-refractivity contribution in [1.29, 1.82) is 0 Å². The molecule has 1 fully saturated rings. The molecule has 1 aromatic rings. The first kappa shape index (κ1) is 20.3. The van der Waals surface area contributed by atoms with Gasteiger partial charge >= 0.3 is 6.03 Å². The lowest BCUT2D eigenvalue weighted by atomic mass is 9.91. The number of anilines is 1. The maximum atomic E-state index is 12.4. The van der Waals surface area contributed by atoms with Crippen LogP contribution in [0.25, 0.3) is 0 Å². The number of nitrogens with two attached hydrogens (primary N) is 1. The van der Waals surface area contributed by atoms with Crippen LogP contribution in [-0.2, 0) is 4.79 Å². The van der Waals surface area contributed by atoms with Crippen LogP contribution in [0.2, 0.25) is 0 Å². The van der Waals surface area contributed by atoms with Crippen LogP contribution in [-0.4, -0.2) is 42.0 Å². The predicted molar refractivity (Wildman–Crippen MR) is 98.3 cm³/mol. The number of piperidine rings is 1. The average molecular weight is 355 g/mol. The van der Waals surface area contributed by atoms with Gasteiger partial charge in [0.25, 0.3) is 0 Å². The number of amides is 3. The lowest BCUT2D eigenvalue weighted by Crippen LogP contribution is -2.51. The zero-order valence-electron chi connectivity index (χ0n) is 14.2. The SMILES string of the molecule is CC(NC(=O)Nc1ccccc1)C(=O)N1CCC(C(C)N)CC1.Cl. The number of likely N-dealkylation sites (tertiary alicyclic amines) is 1. The van der Waals surface area contributed by atoms with Gasteiger partial charge in [-0.15, -0.1) is 12.4 Å². The molecule has 0 aromatic heterocycles. The third kappa shape index (κ3) is 5.69. The second-order valence-electron chi connectivity index (χ2n) is 6.21. The number of nitrogens with one attached hydrogen (secondary N) is 2. The molecule has 0 radical (unpaired) electrons. The van der Waals surface area contributed by atoms with Crippen molar-refractivity contribution in [3.8, 4) is 0 Å². The van der Waals surface area contributed by atoms with E-state index in [-0.39, 0.29) is 30.4 Å². The summed E-state index contributed by atoms with van der Waals surface area (Å²) in [5, 5.41) is 5.41. The lowest BCUT2D eigenvalue weighted by Gasteiger charge is -2.35. The van der Waals surface area contributed by atoms with E-state index in [1.165, 1.54) is 0 Å². The molecule has 4 N–H and O–H groups in total. The number of halogens is 1. The Morgan fingerprint density at radius 1 is 1.17 bits per heavy atom. The Kier molecular flexibility index (Phi) is 8.01. The minimum Gasteiger partial charge on any atom is -0.341 e. The number of para-hydroxylation sites is 1. The molecule has 0 spiro atoms. The van der Waals surface area contributed by atoms with E-state index in [2.05, 4.69) is 10.6 Å². The molecule has 0 saturated carbocycles. The third-order valence-corrected chi connectivity index (χ3v) is 4.34. The Morgan fingerprint density at radius 2 is 1.75 bits per heavy atom. The molecule has 1 aromatic carbocycles. The maximum Gasteiger partial charge on any atom is 0.319 e. The molecule has 24 heavy (non-hydrogen) atoms. The van der Waals surface area contributed by atoms with Crippen LogP contribution in [0.3, 0.4) is 0 Å². The molecule has 2 atom stereocenters. The molecule has 7 heteroatoms. The highest BCUT2D eigenvalue weighted by molar-refractivity contribution is 5.93. The van der Waals surface area contributed by atoms with Gasteiger partial charge in [0, 0.05) is 24.8 Å². The van der Waals surface area contributed by atoms with Crippen LogP contribution < -0.4 is 16.4 Å². The third-order valence-electron chi connectivity index (χ3n) is 4.34.